The van der Waals surface area contributed by atoms with Crippen LogP contribution in [0.15, 0.2) is 60.7 Å². The molecule has 2 aromatic carbocycles. The van der Waals surface area contributed by atoms with E-state index in [2.05, 4.69) is 62.0 Å². The van der Waals surface area contributed by atoms with Crippen LogP contribution in [0.4, 0.5) is 0 Å². The van der Waals surface area contributed by atoms with Gasteiger partial charge in [-0.25, -0.2) is 0 Å². The first kappa shape index (κ1) is 11.0. The van der Waals surface area contributed by atoms with Gasteiger partial charge in [-0.3, -0.25) is 0 Å². The molecule has 0 bridgehead atoms. The van der Waals surface area contributed by atoms with Crippen LogP contribution in [0, 0.1) is 5.92 Å². The summed E-state index contributed by atoms with van der Waals surface area (Å²) in [5.74, 6) is 0.624. The van der Waals surface area contributed by atoms with E-state index in [1.165, 1.54) is 34.2 Å². The summed E-state index contributed by atoms with van der Waals surface area (Å²) in [4.78, 5) is 0. The van der Waals surface area contributed by atoms with Gasteiger partial charge in [-0.05, 0) is 41.0 Å². The smallest absolute Gasteiger partial charge is 0.0257 e. The van der Waals surface area contributed by atoms with Crippen molar-refractivity contribution in [1.82, 2.24) is 0 Å². The van der Waals surface area contributed by atoms with Crippen LogP contribution in [-0.2, 0) is 5.41 Å². The van der Waals surface area contributed by atoms with Gasteiger partial charge in [-0.1, -0.05) is 67.6 Å². The lowest BCUT2D eigenvalue weighted by molar-refractivity contribution is 0.515. The first-order valence-electron chi connectivity index (χ1n) is 7.09. The summed E-state index contributed by atoms with van der Waals surface area (Å²) in [5, 5.41) is 0. The fraction of sp³-hybridized carbons (Fsp3) is 0.263. The van der Waals surface area contributed by atoms with Crippen molar-refractivity contribution in [2.24, 2.45) is 5.92 Å². The molecule has 0 aromatic heterocycles. The second-order valence-corrected chi connectivity index (χ2v) is 6.11. The predicted molar refractivity (Wildman–Crippen MR) is 80.2 cm³/mol. The van der Waals surface area contributed by atoms with Gasteiger partial charge in [0.25, 0.3) is 0 Å². The maximum absolute atomic E-state index is 4.30. The Labute approximate surface area is 114 Å². The van der Waals surface area contributed by atoms with Crippen LogP contribution in [0.25, 0.3) is 11.1 Å². The second kappa shape index (κ2) is 3.60. The molecule has 1 fully saturated rings. The Bertz CT molecular complexity index is 632. The number of hydrogen-bond acceptors (Lipinski definition) is 0. The average molecular weight is 246 g/mol. The standard InChI is InChI=1S/C19H18/c1-13-11-19(12-14(13)2)17-9-5-3-7-15(17)16-8-4-6-10-18(16)19/h3-10,14H,1,11-12H2,2H3. The number of hydrogen-bond donors (Lipinski definition) is 0. The molecular formula is C19H18. The summed E-state index contributed by atoms with van der Waals surface area (Å²) in [6.45, 7) is 6.62. The van der Waals surface area contributed by atoms with E-state index >= 15 is 0 Å². The van der Waals surface area contributed by atoms with Crippen LogP contribution >= 0.6 is 0 Å². The van der Waals surface area contributed by atoms with E-state index in [1.807, 2.05) is 0 Å². The van der Waals surface area contributed by atoms with Crippen LogP contribution in [0.1, 0.15) is 30.9 Å². The van der Waals surface area contributed by atoms with Gasteiger partial charge in [-0.15, -0.1) is 0 Å². The minimum atomic E-state index is 0.198. The van der Waals surface area contributed by atoms with Crippen LogP contribution in [0.2, 0.25) is 0 Å². The highest BCUT2D eigenvalue weighted by molar-refractivity contribution is 5.81. The Balaban J connectivity index is 2.05. The molecule has 0 N–H and O–H groups in total. The van der Waals surface area contributed by atoms with Gasteiger partial charge in [0.1, 0.15) is 0 Å². The molecule has 0 heteroatoms. The molecule has 0 aliphatic heterocycles. The zero-order chi connectivity index (χ0) is 13.0. The Morgan fingerprint density at radius 1 is 0.947 bits per heavy atom. The van der Waals surface area contributed by atoms with Gasteiger partial charge < -0.3 is 0 Å². The van der Waals surface area contributed by atoms with Crippen LogP contribution in [-0.4, -0.2) is 0 Å². The molecule has 0 amide bonds. The third-order valence-electron chi connectivity index (χ3n) is 5.06. The van der Waals surface area contributed by atoms with Crippen molar-refractivity contribution in [3.05, 3.63) is 71.8 Å². The predicted octanol–water partition coefficient (Wildman–Crippen LogP) is 4.94. The maximum atomic E-state index is 4.30. The molecule has 2 aliphatic carbocycles. The summed E-state index contributed by atoms with van der Waals surface area (Å²) >= 11 is 0. The van der Waals surface area contributed by atoms with E-state index in [4.69, 9.17) is 0 Å². The Hall–Kier alpha value is -1.82. The van der Waals surface area contributed by atoms with E-state index in [1.54, 1.807) is 0 Å². The van der Waals surface area contributed by atoms with E-state index < -0.39 is 0 Å². The molecule has 1 unspecified atom stereocenters. The fourth-order valence-electron chi connectivity index (χ4n) is 4.13. The summed E-state index contributed by atoms with van der Waals surface area (Å²) in [6, 6.07) is 17.9. The van der Waals surface area contributed by atoms with Crippen LogP contribution in [0.5, 0.6) is 0 Å². The van der Waals surface area contributed by atoms with Crippen molar-refractivity contribution in [2.45, 2.75) is 25.2 Å². The quantitative estimate of drug-likeness (QED) is 0.578. The normalized spacial score (nSPS) is 22.6. The van der Waals surface area contributed by atoms with Crippen molar-refractivity contribution < 1.29 is 0 Å². The highest BCUT2D eigenvalue weighted by Gasteiger charge is 2.48. The molecular weight excluding hydrogens is 228 g/mol. The number of allylic oxidation sites excluding steroid dienone is 1. The lowest BCUT2D eigenvalue weighted by Crippen LogP contribution is -2.21. The molecule has 1 spiro atoms. The molecule has 0 heterocycles. The van der Waals surface area contributed by atoms with Gasteiger partial charge in [0.05, 0.1) is 0 Å². The Morgan fingerprint density at radius 2 is 1.47 bits per heavy atom. The van der Waals surface area contributed by atoms with Crippen molar-refractivity contribution in [3.8, 4) is 11.1 Å². The van der Waals surface area contributed by atoms with Gasteiger partial charge >= 0.3 is 0 Å². The van der Waals surface area contributed by atoms with Gasteiger partial charge in [0.15, 0.2) is 0 Å². The molecule has 1 atom stereocenters. The van der Waals surface area contributed by atoms with Gasteiger partial charge in [-0.2, -0.15) is 0 Å². The first-order chi connectivity index (χ1) is 9.22. The van der Waals surface area contributed by atoms with Gasteiger partial charge in [0.2, 0.25) is 0 Å². The SMILES string of the molecule is C=C1CC2(CC1C)c1ccccc1-c1ccccc12. The lowest BCUT2D eigenvalue weighted by Gasteiger charge is -2.26. The van der Waals surface area contributed by atoms with Crippen molar-refractivity contribution in [2.75, 3.05) is 0 Å². The Morgan fingerprint density at radius 3 is 1.95 bits per heavy atom. The number of benzene rings is 2. The van der Waals surface area contributed by atoms with Crippen LogP contribution < -0.4 is 0 Å². The molecule has 0 radical (unpaired) electrons. The zero-order valence-electron chi connectivity index (χ0n) is 11.3. The molecule has 2 aromatic rings. The van der Waals surface area contributed by atoms with Crippen molar-refractivity contribution >= 4 is 0 Å². The van der Waals surface area contributed by atoms with E-state index in [0.717, 1.165) is 6.42 Å². The number of rotatable bonds is 0. The summed E-state index contributed by atoms with van der Waals surface area (Å²) in [7, 11) is 0. The summed E-state index contributed by atoms with van der Waals surface area (Å²) < 4.78 is 0. The molecule has 19 heavy (non-hydrogen) atoms. The molecule has 2 aliphatic rings. The van der Waals surface area contributed by atoms with Crippen LogP contribution in [0.3, 0.4) is 0 Å². The first-order valence-corrected chi connectivity index (χ1v) is 7.09. The lowest BCUT2D eigenvalue weighted by atomic mass is 9.76. The highest BCUT2D eigenvalue weighted by atomic mass is 14.5. The van der Waals surface area contributed by atoms with E-state index in [9.17, 15) is 0 Å². The second-order valence-electron chi connectivity index (χ2n) is 6.11. The van der Waals surface area contributed by atoms with Crippen molar-refractivity contribution in [1.29, 1.82) is 0 Å². The number of fused-ring (bicyclic) bond motifs is 5. The highest BCUT2D eigenvalue weighted by Crippen LogP contribution is 2.58. The molecule has 94 valence electrons. The maximum Gasteiger partial charge on any atom is 0.0257 e. The topological polar surface area (TPSA) is 0 Å². The van der Waals surface area contributed by atoms with E-state index in [-0.39, 0.29) is 5.41 Å². The third-order valence-corrected chi connectivity index (χ3v) is 5.06. The fourth-order valence-corrected chi connectivity index (χ4v) is 4.13. The van der Waals surface area contributed by atoms with Crippen molar-refractivity contribution in [3.63, 3.8) is 0 Å². The summed E-state index contributed by atoms with van der Waals surface area (Å²) in [6.07, 6.45) is 2.32. The third kappa shape index (κ3) is 1.29. The monoisotopic (exact) mass is 246 g/mol. The average Bonchev–Trinajstić information content (AvgIpc) is 2.89. The zero-order valence-corrected chi connectivity index (χ0v) is 11.3. The van der Waals surface area contributed by atoms with Gasteiger partial charge in [0, 0.05) is 5.41 Å². The molecule has 4 rings (SSSR count). The largest absolute Gasteiger partial charge is 0.0995 e. The van der Waals surface area contributed by atoms with E-state index in [0.29, 0.717) is 5.92 Å². The molecule has 1 saturated carbocycles. The Kier molecular flexibility index (Phi) is 2.09. The minimum Gasteiger partial charge on any atom is -0.0995 e. The minimum absolute atomic E-state index is 0.198. The summed E-state index contributed by atoms with van der Waals surface area (Å²) in [5.41, 5.74) is 7.50. The molecule has 0 saturated heterocycles. The molecule has 0 nitrogen and oxygen atoms in total.